The topological polar surface area (TPSA) is 68.2 Å². The Hall–Kier alpha value is -0.820. The SMILES string of the molecule is CCn1cc(Br)cc1C(=O)NC1CCCS(=O)(=O)C1. The first-order chi connectivity index (χ1) is 8.91. The van der Waals surface area contributed by atoms with Crippen molar-refractivity contribution < 1.29 is 13.2 Å². The number of carbonyl (C=O) groups excluding carboxylic acids is 1. The second-order valence-corrected chi connectivity index (χ2v) is 7.90. The number of sulfone groups is 1. The summed E-state index contributed by atoms with van der Waals surface area (Å²) in [6, 6.07) is 1.47. The molecule has 0 bridgehead atoms. The van der Waals surface area contributed by atoms with Gasteiger partial charge in [0.15, 0.2) is 9.84 Å². The molecule has 1 aromatic rings. The molecular weight excluding hydrogens is 332 g/mol. The van der Waals surface area contributed by atoms with Crippen molar-refractivity contribution in [2.24, 2.45) is 0 Å². The summed E-state index contributed by atoms with van der Waals surface area (Å²) in [6.07, 6.45) is 3.18. The van der Waals surface area contributed by atoms with E-state index in [1.54, 1.807) is 6.07 Å². The first-order valence-electron chi connectivity index (χ1n) is 6.28. The highest BCUT2D eigenvalue weighted by molar-refractivity contribution is 9.10. The van der Waals surface area contributed by atoms with E-state index >= 15 is 0 Å². The van der Waals surface area contributed by atoms with Gasteiger partial charge in [0.05, 0.1) is 11.5 Å². The van der Waals surface area contributed by atoms with Crippen LogP contribution in [0.5, 0.6) is 0 Å². The van der Waals surface area contributed by atoms with Crippen molar-refractivity contribution in [3.8, 4) is 0 Å². The van der Waals surface area contributed by atoms with Crippen molar-refractivity contribution in [1.82, 2.24) is 9.88 Å². The lowest BCUT2D eigenvalue weighted by Gasteiger charge is -2.23. The van der Waals surface area contributed by atoms with Gasteiger partial charge in [-0.25, -0.2) is 8.42 Å². The van der Waals surface area contributed by atoms with Gasteiger partial charge in [-0.2, -0.15) is 0 Å². The molecule has 1 unspecified atom stereocenters. The number of rotatable bonds is 3. The number of nitrogens with one attached hydrogen (secondary N) is 1. The fraction of sp³-hybridized carbons (Fsp3) is 0.583. The van der Waals surface area contributed by atoms with Crippen LogP contribution in [0, 0.1) is 0 Å². The van der Waals surface area contributed by atoms with Crippen LogP contribution in [0.2, 0.25) is 0 Å². The zero-order chi connectivity index (χ0) is 14.0. The van der Waals surface area contributed by atoms with E-state index in [1.807, 2.05) is 17.7 Å². The molecule has 1 aliphatic rings. The van der Waals surface area contributed by atoms with E-state index in [1.165, 1.54) is 0 Å². The van der Waals surface area contributed by atoms with Crippen molar-refractivity contribution in [2.75, 3.05) is 11.5 Å². The second kappa shape index (κ2) is 5.66. The van der Waals surface area contributed by atoms with E-state index in [9.17, 15) is 13.2 Å². The highest BCUT2D eigenvalue weighted by atomic mass is 79.9. The molecule has 0 aromatic carbocycles. The Labute approximate surface area is 121 Å². The van der Waals surface area contributed by atoms with Crippen LogP contribution >= 0.6 is 15.9 Å². The average Bonchev–Trinajstić information content (AvgIpc) is 2.69. The number of nitrogens with zero attached hydrogens (tertiary/aromatic N) is 1. The maximum Gasteiger partial charge on any atom is 0.268 e. The smallest absolute Gasteiger partial charge is 0.268 e. The van der Waals surface area contributed by atoms with E-state index in [2.05, 4.69) is 21.2 Å². The van der Waals surface area contributed by atoms with Crippen molar-refractivity contribution in [2.45, 2.75) is 32.4 Å². The van der Waals surface area contributed by atoms with Crippen LogP contribution in [0.1, 0.15) is 30.3 Å². The van der Waals surface area contributed by atoms with E-state index in [4.69, 9.17) is 0 Å². The number of aryl methyl sites for hydroxylation is 1. The highest BCUT2D eigenvalue weighted by Gasteiger charge is 2.26. The first kappa shape index (κ1) is 14.6. The van der Waals surface area contributed by atoms with Crippen molar-refractivity contribution >= 4 is 31.7 Å². The molecule has 1 atom stereocenters. The second-order valence-electron chi connectivity index (χ2n) is 4.76. The van der Waals surface area contributed by atoms with Crippen LogP contribution in [0.15, 0.2) is 16.7 Å². The number of hydrogen-bond acceptors (Lipinski definition) is 3. The molecule has 19 heavy (non-hydrogen) atoms. The lowest BCUT2D eigenvalue weighted by molar-refractivity contribution is 0.0929. The van der Waals surface area contributed by atoms with Gasteiger partial charge in [-0.15, -0.1) is 0 Å². The molecule has 7 heteroatoms. The lowest BCUT2D eigenvalue weighted by atomic mass is 10.2. The Bertz CT molecular complexity index is 580. The summed E-state index contributed by atoms with van der Waals surface area (Å²) >= 11 is 3.34. The molecule has 1 amide bonds. The van der Waals surface area contributed by atoms with Gasteiger partial charge in [-0.3, -0.25) is 4.79 Å². The first-order valence-corrected chi connectivity index (χ1v) is 8.89. The largest absolute Gasteiger partial charge is 0.347 e. The Balaban J connectivity index is 2.08. The molecule has 5 nitrogen and oxygen atoms in total. The molecule has 0 saturated carbocycles. The van der Waals surface area contributed by atoms with E-state index in [-0.39, 0.29) is 23.5 Å². The summed E-state index contributed by atoms with van der Waals surface area (Å²) in [5.74, 6) is 0.0675. The molecular formula is C12H17BrN2O3S. The zero-order valence-electron chi connectivity index (χ0n) is 10.7. The van der Waals surface area contributed by atoms with Gasteiger partial charge in [-0.05, 0) is 41.8 Å². The van der Waals surface area contributed by atoms with Crippen LogP contribution in [0.4, 0.5) is 0 Å². The number of carbonyl (C=O) groups is 1. The minimum absolute atomic E-state index is 0.0484. The molecule has 1 saturated heterocycles. The Kier molecular flexibility index (Phi) is 4.35. The number of hydrogen-bond donors (Lipinski definition) is 1. The summed E-state index contributed by atoms with van der Waals surface area (Å²) in [4.78, 5) is 12.2. The van der Waals surface area contributed by atoms with Crippen molar-refractivity contribution in [1.29, 1.82) is 0 Å². The maximum absolute atomic E-state index is 12.2. The monoisotopic (exact) mass is 348 g/mol. The molecule has 1 fully saturated rings. The van der Waals surface area contributed by atoms with Crippen LogP contribution < -0.4 is 5.32 Å². The third-order valence-electron chi connectivity index (χ3n) is 3.23. The molecule has 0 radical (unpaired) electrons. The summed E-state index contributed by atoms with van der Waals surface area (Å²) in [6.45, 7) is 2.64. The molecule has 106 valence electrons. The fourth-order valence-electron chi connectivity index (χ4n) is 2.32. The minimum atomic E-state index is -3.00. The molecule has 0 aliphatic carbocycles. The van der Waals surface area contributed by atoms with Gasteiger partial charge in [-0.1, -0.05) is 0 Å². The van der Waals surface area contributed by atoms with Gasteiger partial charge >= 0.3 is 0 Å². The van der Waals surface area contributed by atoms with Crippen molar-refractivity contribution in [3.63, 3.8) is 0 Å². The predicted octanol–water partition coefficient (Wildman–Crippen LogP) is 1.58. The van der Waals surface area contributed by atoms with Crippen LogP contribution in [-0.2, 0) is 16.4 Å². The normalized spacial score (nSPS) is 22.1. The number of aromatic nitrogens is 1. The summed E-state index contributed by atoms with van der Waals surface area (Å²) in [7, 11) is -3.00. The number of halogens is 1. The van der Waals surface area contributed by atoms with Gasteiger partial charge < -0.3 is 9.88 Å². The zero-order valence-corrected chi connectivity index (χ0v) is 13.1. The van der Waals surface area contributed by atoms with Crippen LogP contribution in [0.25, 0.3) is 0 Å². The predicted molar refractivity (Wildman–Crippen MR) is 76.9 cm³/mol. The number of amides is 1. The highest BCUT2D eigenvalue weighted by Crippen LogP contribution is 2.17. The van der Waals surface area contributed by atoms with E-state index in [0.29, 0.717) is 18.7 Å². The summed E-state index contributed by atoms with van der Waals surface area (Å²) in [5.41, 5.74) is 0.553. The fourth-order valence-corrected chi connectivity index (χ4v) is 4.42. The molecule has 1 aliphatic heterocycles. The molecule has 1 aromatic heterocycles. The minimum Gasteiger partial charge on any atom is -0.347 e. The van der Waals surface area contributed by atoms with E-state index < -0.39 is 9.84 Å². The average molecular weight is 349 g/mol. The molecule has 2 rings (SSSR count). The van der Waals surface area contributed by atoms with Gasteiger partial charge in [0.2, 0.25) is 0 Å². The Morgan fingerprint density at radius 2 is 2.32 bits per heavy atom. The lowest BCUT2D eigenvalue weighted by Crippen LogP contribution is -2.43. The summed E-state index contributed by atoms with van der Waals surface area (Å²) < 4.78 is 25.8. The van der Waals surface area contributed by atoms with Gasteiger partial charge in [0, 0.05) is 23.3 Å². The third-order valence-corrected chi connectivity index (χ3v) is 5.49. The van der Waals surface area contributed by atoms with Gasteiger partial charge in [0.1, 0.15) is 5.69 Å². The van der Waals surface area contributed by atoms with Crippen LogP contribution in [0.3, 0.4) is 0 Å². The third kappa shape index (κ3) is 3.60. The Morgan fingerprint density at radius 1 is 1.58 bits per heavy atom. The molecule has 1 N–H and O–H groups in total. The summed E-state index contributed by atoms with van der Waals surface area (Å²) in [5, 5.41) is 2.82. The van der Waals surface area contributed by atoms with Crippen molar-refractivity contribution in [3.05, 3.63) is 22.4 Å². The molecule has 2 heterocycles. The quantitative estimate of drug-likeness (QED) is 0.901. The van der Waals surface area contributed by atoms with E-state index in [0.717, 1.165) is 10.9 Å². The van der Waals surface area contributed by atoms with Crippen LogP contribution in [-0.4, -0.2) is 36.4 Å². The standard InChI is InChI=1S/C12H17BrN2O3S/c1-2-15-7-9(13)6-11(15)12(16)14-10-4-3-5-19(17,18)8-10/h6-7,10H,2-5,8H2,1H3,(H,14,16). The maximum atomic E-state index is 12.2. The Morgan fingerprint density at radius 3 is 2.95 bits per heavy atom. The molecule has 0 spiro atoms. The van der Waals surface area contributed by atoms with Gasteiger partial charge in [0.25, 0.3) is 5.91 Å².